The Balaban J connectivity index is 2.48. The molecule has 0 atom stereocenters. The minimum absolute atomic E-state index is 0.752. The van der Waals surface area contributed by atoms with Gasteiger partial charge in [0, 0.05) is 6.21 Å². The van der Waals surface area contributed by atoms with Crippen molar-refractivity contribution in [3.05, 3.63) is 35.4 Å². The quantitative estimate of drug-likeness (QED) is 0.552. The Morgan fingerprint density at radius 2 is 2.08 bits per heavy atom. The van der Waals surface area contributed by atoms with Gasteiger partial charge in [-0.25, -0.2) is 4.99 Å². The van der Waals surface area contributed by atoms with Crippen LogP contribution < -0.4 is 0 Å². The van der Waals surface area contributed by atoms with Crippen molar-refractivity contribution >= 4 is 12.1 Å². The Bertz CT molecular complexity index is 351. The van der Waals surface area contributed by atoms with Gasteiger partial charge in [0.2, 0.25) is 0 Å². The van der Waals surface area contributed by atoms with Gasteiger partial charge in [-0.05, 0) is 18.1 Å². The molecule has 1 aliphatic heterocycles. The maximum absolute atomic E-state index is 4.28. The molecule has 60 valence electrons. The van der Waals surface area contributed by atoms with Crippen molar-refractivity contribution in [3.8, 4) is 0 Å². The highest BCUT2D eigenvalue weighted by Crippen LogP contribution is 2.10. The van der Waals surface area contributed by atoms with Gasteiger partial charge >= 0.3 is 0 Å². The van der Waals surface area contributed by atoms with Crippen molar-refractivity contribution in [2.75, 3.05) is 0 Å². The summed E-state index contributed by atoms with van der Waals surface area (Å²) in [6.07, 6.45) is 1.88. The first kappa shape index (κ1) is 7.22. The van der Waals surface area contributed by atoms with Crippen molar-refractivity contribution in [1.82, 2.24) is 0 Å². The Morgan fingerprint density at radius 1 is 1.25 bits per heavy atom. The third kappa shape index (κ3) is 1.28. The first-order valence-electron chi connectivity index (χ1n) is 3.99. The van der Waals surface area contributed by atoms with E-state index in [-0.39, 0.29) is 0 Å². The van der Waals surface area contributed by atoms with Crippen molar-refractivity contribution in [2.24, 2.45) is 9.98 Å². The number of nitrogens with zero attached hydrogens (tertiary/aromatic N) is 2. The van der Waals surface area contributed by atoms with E-state index in [2.05, 4.69) is 22.1 Å². The average molecular weight is 158 g/mol. The first-order valence-corrected chi connectivity index (χ1v) is 3.99. The minimum Gasteiger partial charge on any atom is -0.266 e. The molecule has 0 N–H and O–H groups in total. The molecule has 0 radical (unpaired) electrons. The molecule has 0 bridgehead atoms. The summed E-state index contributed by atoms with van der Waals surface area (Å²) < 4.78 is 0. The highest BCUT2D eigenvalue weighted by atomic mass is 14.9. The van der Waals surface area contributed by atoms with Gasteiger partial charge in [-0.1, -0.05) is 24.3 Å². The van der Waals surface area contributed by atoms with E-state index in [0.29, 0.717) is 0 Å². The Labute approximate surface area is 71.7 Å². The second-order valence-corrected chi connectivity index (χ2v) is 2.82. The maximum atomic E-state index is 4.28. The number of hydrogen-bond donors (Lipinski definition) is 0. The van der Waals surface area contributed by atoms with Crippen LogP contribution in [0, 0.1) is 0 Å². The summed E-state index contributed by atoms with van der Waals surface area (Å²) in [7, 11) is 0. The van der Waals surface area contributed by atoms with Crippen molar-refractivity contribution in [3.63, 3.8) is 0 Å². The standard InChI is InChI=1S/C10H10N2/c1-8-11-6-9-4-2-3-5-10(9)7-12-8/h2-6H,7H2,1H3. The summed E-state index contributed by atoms with van der Waals surface area (Å²) in [6, 6.07) is 8.20. The highest BCUT2D eigenvalue weighted by Gasteiger charge is 2.01. The van der Waals surface area contributed by atoms with E-state index in [4.69, 9.17) is 0 Å². The van der Waals surface area contributed by atoms with E-state index in [1.807, 2.05) is 25.3 Å². The van der Waals surface area contributed by atoms with Crippen molar-refractivity contribution in [1.29, 1.82) is 0 Å². The van der Waals surface area contributed by atoms with Gasteiger partial charge in [0.1, 0.15) is 5.84 Å². The molecule has 1 aromatic carbocycles. The first-order chi connectivity index (χ1) is 5.86. The monoisotopic (exact) mass is 158 g/mol. The molecule has 0 saturated carbocycles. The molecular formula is C10H10N2. The van der Waals surface area contributed by atoms with Gasteiger partial charge in [0.15, 0.2) is 0 Å². The summed E-state index contributed by atoms with van der Waals surface area (Å²) in [5, 5.41) is 0. The molecular weight excluding hydrogens is 148 g/mol. The van der Waals surface area contributed by atoms with E-state index < -0.39 is 0 Å². The average Bonchev–Trinajstić information content (AvgIpc) is 2.29. The number of rotatable bonds is 0. The molecule has 0 aliphatic carbocycles. The number of hydrogen-bond acceptors (Lipinski definition) is 2. The van der Waals surface area contributed by atoms with Gasteiger partial charge in [-0.15, -0.1) is 0 Å². The Morgan fingerprint density at radius 3 is 3.00 bits per heavy atom. The molecule has 1 heterocycles. The zero-order valence-electron chi connectivity index (χ0n) is 6.99. The van der Waals surface area contributed by atoms with Crippen LogP contribution in [0.25, 0.3) is 0 Å². The van der Waals surface area contributed by atoms with Crippen LogP contribution in [0.5, 0.6) is 0 Å². The number of fused-ring (bicyclic) bond motifs is 1. The zero-order valence-corrected chi connectivity index (χ0v) is 6.99. The van der Waals surface area contributed by atoms with Crippen molar-refractivity contribution < 1.29 is 0 Å². The van der Waals surface area contributed by atoms with Crippen LogP contribution in [0.1, 0.15) is 18.1 Å². The zero-order chi connectivity index (χ0) is 8.39. The third-order valence-electron chi connectivity index (χ3n) is 1.92. The predicted molar refractivity (Wildman–Crippen MR) is 50.8 cm³/mol. The minimum atomic E-state index is 0.752. The molecule has 0 amide bonds. The molecule has 2 rings (SSSR count). The lowest BCUT2D eigenvalue weighted by Crippen LogP contribution is -1.87. The molecule has 0 aromatic heterocycles. The predicted octanol–water partition coefficient (Wildman–Crippen LogP) is 2.04. The van der Waals surface area contributed by atoms with Crippen LogP contribution in [0.4, 0.5) is 0 Å². The van der Waals surface area contributed by atoms with E-state index >= 15 is 0 Å². The number of aliphatic imine (C=N–C) groups is 2. The number of benzene rings is 1. The lowest BCUT2D eigenvalue weighted by Gasteiger charge is -1.97. The SMILES string of the molecule is CC1=NCc2ccccc2C=N1. The van der Waals surface area contributed by atoms with Crippen LogP contribution in [-0.2, 0) is 6.54 Å². The fourth-order valence-corrected chi connectivity index (χ4v) is 1.21. The lowest BCUT2D eigenvalue weighted by atomic mass is 10.1. The van der Waals surface area contributed by atoms with Crippen LogP contribution in [0.15, 0.2) is 34.3 Å². The largest absolute Gasteiger partial charge is 0.266 e. The smallest absolute Gasteiger partial charge is 0.120 e. The van der Waals surface area contributed by atoms with E-state index in [0.717, 1.165) is 12.4 Å². The molecule has 1 aromatic rings. The van der Waals surface area contributed by atoms with E-state index in [9.17, 15) is 0 Å². The van der Waals surface area contributed by atoms with Crippen molar-refractivity contribution in [2.45, 2.75) is 13.5 Å². The van der Waals surface area contributed by atoms with E-state index in [1.54, 1.807) is 0 Å². The molecule has 0 spiro atoms. The number of amidine groups is 1. The fraction of sp³-hybridized carbons (Fsp3) is 0.200. The van der Waals surface area contributed by atoms with E-state index in [1.165, 1.54) is 11.1 Å². The molecule has 2 nitrogen and oxygen atoms in total. The summed E-state index contributed by atoms with van der Waals surface area (Å²) in [4.78, 5) is 8.47. The third-order valence-corrected chi connectivity index (χ3v) is 1.92. The molecule has 1 aliphatic rings. The molecule has 2 heteroatoms. The molecule has 0 saturated heterocycles. The second kappa shape index (κ2) is 2.89. The van der Waals surface area contributed by atoms with Gasteiger partial charge < -0.3 is 0 Å². The van der Waals surface area contributed by atoms with Crippen LogP contribution in [0.2, 0.25) is 0 Å². The Hall–Kier alpha value is -1.44. The van der Waals surface area contributed by atoms with Crippen LogP contribution >= 0.6 is 0 Å². The Kier molecular flexibility index (Phi) is 1.74. The fourth-order valence-electron chi connectivity index (χ4n) is 1.21. The normalized spacial score (nSPS) is 14.9. The summed E-state index contributed by atoms with van der Waals surface area (Å²) in [6.45, 7) is 2.67. The maximum Gasteiger partial charge on any atom is 0.120 e. The van der Waals surface area contributed by atoms with Crippen LogP contribution in [0.3, 0.4) is 0 Å². The van der Waals surface area contributed by atoms with Gasteiger partial charge in [-0.3, -0.25) is 4.99 Å². The summed E-state index contributed by atoms with van der Waals surface area (Å²) in [5.41, 5.74) is 2.43. The molecule has 0 unspecified atom stereocenters. The molecule has 0 fully saturated rings. The van der Waals surface area contributed by atoms with Gasteiger partial charge in [-0.2, -0.15) is 0 Å². The van der Waals surface area contributed by atoms with Gasteiger partial charge in [0.05, 0.1) is 6.54 Å². The second-order valence-electron chi connectivity index (χ2n) is 2.82. The summed E-state index contributed by atoms with van der Waals surface area (Å²) in [5.74, 6) is 0.853. The van der Waals surface area contributed by atoms with Crippen LogP contribution in [-0.4, -0.2) is 12.1 Å². The van der Waals surface area contributed by atoms with Gasteiger partial charge in [0.25, 0.3) is 0 Å². The topological polar surface area (TPSA) is 24.7 Å². The highest BCUT2D eigenvalue weighted by molar-refractivity contribution is 5.95. The lowest BCUT2D eigenvalue weighted by molar-refractivity contribution is 1.06. The summed E-state index contributed by atoms with van der Waals surface area (Å²) >= 11 is 0. The molecule has 12 heavy (non-hydrogen) atoms.